The summed E-state index contributed by atoms with van der Waals surface area (Å²) < 4.78 is 24.2. The van der Waals surface area contributed by atoms with Crippen molar-refractivity contribution in [3.05, 3.63) is 42.9 Å². The Morgan fingerprint density at radius 1 is 1.29 bits per heavy atom. The molecule has 1 unspecified atom stereocenters. The molecular formula is C17H20N5O5P. The predicted octanol–water partition coefficient (Wildman–Crippen LogP) is 1.77. The number of phosphoric ester groups is 1. The first-order valence-electron chi connectivity index (χ1n) is 8.75. The minimum absolute atomic E-state index is 0.00785. The van der Waals surface area contributed by atoms with Gasteiger partial charge in [0.2, 0.25) is 5.95 Å². The molecule has 0 saturated heterocycles. The van der Waals surface area contributed by atoms with E-state index in [1.165, 1.54) is 0 Å². The fourth-order valence-corrected chi connectivity index (χ4v) is 4.29. The van der Waals surface area contributed by atoms with Crippen molar-refractivity contribution in [1.29, 1.82) is 0 Å². The monoisotopic (exact) mass is 405 g/mol. The van der Waals surface area contributed by atoms with E-state index in [0.717, 1.165) is 0 Å². The van der Waals surface area contributed by atoms with Gasteiger partial charge in [0.25, 0.3) is 0 Å². The quantitative estimate of drug-likeness (QED) is 0.501. The van der Waals surface area contributed by atoms with E-state index < -0.39 is 7.82 Å². The van der Waals surface area contributed by atoms with Crippen LogP contribution in [0.3, 0.4) is 0 Å². The maximum absolute atomic E-state index is 12.1. The van der Waals surface area contributed by atoms with E-state index in [2.05, 4.69) is 15.0 Å². The first kappa shape index (κ1) is 18.8. The summed E-state index contributed by atoms with van der Waals surface area (Å²) in [6.07, 6.45) is 3.81. The van der Waals surface area contributed by atoms with Gasteiger partial charge in [-0.15, -0.1) is 0 Å². The largest absolute Gasteiger partial charge is 0.527 e. The molecule has 1 fully saturated rings. The van der Waals surface area contributed by atoms with Crippen molar-refractivity contribution in [2.75, 3.05) is 18.9 Å². The molecule has 10 nitrogen and oxygen atoms in total. The molecule has 1 aliphatic carbocycles. The number of aliphatic hydroxyl groups is 1. The molecule has 4 atom stereocenters. The van der Waals surface area contributed by atoms with Gasteiger partial charge in [-0.2, -0.15) is 4.98 Å². The molecule has 148 valence electrons. The van der Waals surface area contributed by atoms with Crippen LogP contribution in [0, 0.1) is 11.8 Å². The molecule has 2 aromatic heterocycles. The third-order valence-electron chi connectivity index (χ3n) is 4.96. The van der Waals surface area contributed by atoms with Gasteiger partial charge in [-0.1, -0.05) is 18.2 Å². The molecule has 0 aliphatic heterocycles. The van der Waals surface area contributed by atoms with Crippen LogP contribution in [0.5, 0.6) is 5.75 Å². The number of fused-ring (bicyclic) bond motifs is 1. The topological polar surface area (TPSA) is 146 Å². The molecule has 3 aromatic rings. The smallest absolute Gasteiger partial charge is 0.404 e. The number of hydrogen-bond donors (Lipinski definition) is 3. The lowest BCUT2D eigenvalue weighted by Gasteiger charge is -2.44. The van der Waals surface area contributed by atoms with Gasteiger partial charge in [-0.3, -0.25) is 9.42 Å². The third-order valence-corrected chi connectivity index (χ3v) is 5.88. The fourth-order valence-electron chi connectivity index (χ4n) is 3.47. The van der Waals surface area contributed by atoms with Crippen molar-refractivity contribution in [3.8, 4) is 5.75 Å². The number of nitrogens with two attached hydrogens (primary N) is 1. The van der Waals surface area contributed by atoms with Gasteiger partial charge in [0.15, 0.2) is 5.65 Å². The number of para-hydroxylation sites is 1. The van der Waals surface area contributed by atoms with Crippen LogP contribution in [0.1, 0.15) is 12.5 Å². The molecule has 4 N–H and O–H groups in total. The number of aliphatic hydroxyl groups excluding tert-OH is 1. The zero-order chi connectivity index (χ0) is 19.7. The summed E-state index contributed by atoms with van der Waals surface area (Å²) in [6.45, 7) is -0.111. The van der Waals surface area contributed by atoms with E-state index >= 15 is 0 Å². The van der Waals surface area contributed by atoms with Crippen molar-refractivity contribution >= 4 is 24.9 Å². The first-order chi connectivity index (χ1) is 13.5. The van der Waals surface area contributed by atoms with Crippen molar-refractivity contribution in [1.82, 2.24) is 19.5 Å². The van der Waals surface area contributed by atoms with Gasteiger partial charge in [-0.05, 0) is 24.5 Å². The van der Waals surface area contributed by atoms with E-state index in [4.69, 9.17) is 14.8 Å². The molecule has 28 heavy (non-hydrogen) atoms. The number of nitrogen functional groups attached to an aromatic ring is 1. The molecule has 1 aromatic carbocycles. The first-order valence-corrected chi connectivity index (χ1v) is 10.2. The lowest BCUT2D eigenvalue weighted by atomic mass is 9.70. The summed E-state index contributed by atoms with van der Waals surface area (Å²) in [5.74, 6) is 0.116. The van der Waals surface area contributed by atoms with E-state index in [1.54, 1.807) is 42.9 Å². The third kappa shape index (κ3) is 3.72. The average Bonchev–Trinajstić information content (AvgIpc) is 3.04. The van der Waals surface area contributed by atoms with Gasteiger partial charge in [0.1, 0.15) is 11.3 Å². The molecule has 1 saturated carbocycles. The summed E-state index contributed by atoms with van der Waals surface area (Å²) in [5.41, 5.74) is 6.87. The number of benzene rings is 1. The lowest BCUT2D eigenvalue weighted by Crippen LogP contribution is -2.42. The normalized spacial score (nSPS) is 23.9. The molecule has 0 amide bonds. The minimum atomic E-state index is -4.25. The van der Waals surface area contributed by atoms with Crippen LogP contribution < -0.4 is 10.3 Å². The summed E-state index contributed by atoms with van der Waals surface area (Å²) in [4.78, 5) is 22.3. The Balaban J connectivity index is 1.41. The van der Waals surface area contributed by atoms with E-state index in [9.17, 15) is 14.6 Å². The summed E-state index contributed by atoms with van der Waals surface area (Å²) in [6, 6.07) is 8.23. The van der Waals surface area contributed by atoms with Gasteiger partial charge >= 0.3 is 7.82 Å². The zero-order valence-electron chi connectivity index (χ0n) is 14.8. The molecule has 0 radical (unpaired) electrons. The number of anilines is 1. The molecular weight excluding hydrogens is 385 g/mol. The minimum Gasteiger partial charge on any atom is -0.404 e. The number of aromatic nitrogens is 4. The molecule has 0 spiro atoms. The van der Waals surface area contributed by atoms with Crippen molar-refractivity contribution < 1.29 is 23.6 Å². The van der Waals surface area contributed by atoms with Crippen LogP contribution in [0.2, 0.25) is 0 Å². The van der Waals surface area contributed by atoms with Gasteiger partial charge in [0, 0.05) is 18.6 Å². The Morgan fingerprint density at radius 2 is 2.07 bits per heavy atom. The predicted molar refractivity (Wildman–Crippen MR) is 100 cm³/mol. The van der Waals surface area contributed by atoms with Crippen molar-refractivity contribution in [2.45, 2.75) is 12.5 Å². The number of hydrogen-bond acceptors (Lipinski definition) is 8. The van der Waals surface area contributed by atoms with Crippen LogP contribution in [-0.4, -0.2) is 42.7 Å². The highest BCUT2D eigenvalue weighted by molar-refractivity contribution is 7.47. The van der Waals surface area contributed by atoms with Crippen LogP contribution in [-0.2, 0) is 9.09 Å². The molecule has 0 bridgehead atoms. The highest BCUT2D eigenvalue weighted by Crippen LogP contribution is 2.49. The average molecular weight is 405 g/mol. The number of imidazole rings is 1. The van der Waals surface area contributed by atoms with Crippen molar-refractivity contribution in [2.24, 2.45) is 11.8 Å². The highest BCUT2D eigenvalue weighted by atomic mass is 31.2. The second-order valence-electron chi connectivity index (χ2n) is 6.67. The standard InChI is InChI=1S/C17H20N5O5P/c18-17-19-7-14-16(21-17)22(10-20-14)15-6-11(13(15)8-23)9-26-28(24,25)27-12-4-2-1-3-5-12/h1-5,7,10-11,13,15,23H,6,8-9H2,(H,24,25)(H2,18,19,21)/t11-,13-,15-/m1/s1. The second-order valence-corrected chi connectivity index (χ2v) is 8.04. The maximum atomic E-state index is 12.1. The molecule has 11 heteroatoms. The molecule has 1 aliphatic rings. The molecule has 2 heterocycles. The highest BCUT2D eigenvalue weighted by Gasteiger charge is 2.43. The Labute approximate surface area is 160 Å². The Morgan fingerprint density at radius 3 is 2.82 bits per heavy atom. The number of rotatable bonds is 7. The summed E-state index contributed by atoms with van der Waals surface area (Å²) in [5, 5.41) is 9.81. The van der Waals surface area contributed by atoms with Crippen molar-refractivity contribution in [3.63, 3.8) is 0 Å². The second kappa shape index (κ2) is 7.48. The van der Waals surface area contributed by atoms with Crippen LogP contribution in [0.4, 0.5) is 5.95 Å². The van der Waals surface area contributed by atoms with Crippen LogP contribution in [0.25, 0.3) is 11.2 Å². The van der Waals surface area contributed by atoms with E-state index in [1.807, 2.05) is 4.57 Å². The lowest BCUT2D eigenvalue weighted by molar-refractivity contribution is -0.00487. The number of nitrogens with zero attached hydrogens (tertiary/aromatic N) is 4. The van der Waals surface area contributed by atoms with E-state index in [-0.39, 0.29) is 42.8 Å². The summed E-state index contributed by atoms with van der Waals surface area (Å²) in [7, 11) is -4.25. The van der Waals surface area contributed by atoms with Gasteiger partial charge < -0.3 is 19.9 Å². The molecule has 4 rings (SSSR count). The fraction of sp³-hybridized carbons (Fsp3) is 0.353. The Kier molecular flexibility index (Phi) is 5.03. The van der Waals surface area contributed by atoms with Gasteiger partial charge in [0.05, 0.1) is 19.1 Å². The van der Waals surface area contributed by atoms with E-state index in [0.29, 0.717) is 17.6 Å². The summed E-state index contributed by atoms with van der Waals surface area (Å²) >= 11 is 0. The van der Waals surface area contributed by atoms with Crippen LogP contribution in [0.15, 0.2) is 42.9 Å². The maximum Gasteiger partial charge on any atom is 0.527 e. The van der Waals surface area contributed by atoms with Gasteiger partial charge in [-0.25, -0.2) is 14.5 Å². The Hall–Kier alpha value is -2.52. The zero-order valence-corrected chi connectivity index (χ0v) is 15.7. The number of phosphoric acid groups is 1. The SMILES string of the molecule is Nc1ncc2ncn([C@@H]3C[C@H](COP(=O)(O)Oc4ccccc4)[C@H]3CO)c2n1. The Bertz CT molecular complexity index is 1010. The van der Waals surface area contributed by atoms with Crippen LogP contribution >= 0.6 is 7.82 Å².